The maximum absolute atomic E-state index is 14.8. The Morgan fingerprint density at radius 1 is 1.11 bits per heavy atom. The molecule has 0 atom stereocenters. The number of halogens is 2. The normalized spacial score (nSPS) is 11.8. The SMILES string of the molecule is COc1ccc(CN(c2scnc2C(=O)OC(C)(C)C)S(=O)(=O)c2cc(F)c(CC(=O)CN)c(F)c2)cc1. The summed E-state index contributed by atoms with van der Waals surface area (Å²) in [7, 11) is -3.18. The number of anilines is 1. The molecule has 204 valence electrons. The average Bonchev–Trinajstić information content (AvgIpc) is 3.33. The summed E-state index contributed by atoms with van der Waals surface area (Å²) < 4.78 is 68.7. The van der Waals surface area contributed by atoms with Gasteiger partial charge in [0.2, 0.25) is 0 Å². The van der Waals surface area contributed by atoms with Gasteiger partial charge in [-0.2, -0.15) is 0 Å². The number of nitrogens with two attached hydrogens (primary N) is 1. The number of hydrogen-bond donors (Lipinski definition) is 1. The van der Waals surface area contributed by atoms with Crippen LogP contribution in [-0.2, 0) is 32.5 Å². The zero-order chi connectivity index (χ0) is 28.3. The average molecular weight is 568 g/mol. The molecule has 9 nitrogen and oxygen atoms in total. The smallest absolute Gasteiger partial charge is 0.360 e. The minimum Gasteiger partial charge on any atom is -0.497 e. The lowest BCUT2D eigenvalue weighted by atomic mass is 10.1. The molecule has 1 aromatic heterocycles. The van der Waals surface area contributed by atoms with Gasteiger partial charge in [-0.1, -0.05) is 12.1 Å². The van der Waals surface area contributed by atoms with Crippen LogP contribution in [0.2, 0.25) is 0 Å². The second-order valence-corrected chi connectivity index (χ2v) is 11.8. The van der Waals surface area contributed by atoms with E-state index in [2.05, 4.69) is 4.98 Å². The van der Waals surface area contributed by atoms with Crippen LogP contribution in [0.15, 0.2) is 46.8 Å². The molecule has 0 saturated carbocycles. The first-order valence-corrected chi connectivity index (χ1v) is 13.6. The summed E-state index contributed by atoms with van der Waals surface area (Å²) in [4.78, 5) is 27.8. The molecular weight excluding hydrogens is 540 g/mol. The van der Waals surface area contributed by atoms with Gasteiger partial charge in [-0.3, -0.25) is 9.10 Å². The van der Waals surface area contributed by atoms with E-state index in [-0.39, 0.29) is 17.2 Å². The third kappa shape index (κ3) is 6.71. The van der Waals surface area contributed by atoms with Crippen LogP contribution in [0.1, 0.15) is 42.4 Å². The van der Waals surface area contributed by atoms with Crippen LogP contribution < -0.4 is 14.8 Å². The van der Waals surface area contributed by atoms with Crippen LogP contribution in [0, 0.1) is 11.6 Å². The van der Waals surface area contributed by atoms with E-state index in [1.165, 1.54) is 12.6 Å². The zero-order valence-corrected chi connectivity index (χ0v) is 22.8. The number of sulfonamides is 1. The Morgan fingerprint density at radius 3 is 2.24 bits per heavy atom. The van der Waals surface area contributed by atoms with Gasteiger partial charge in [-0.15, -0.1) is 11.3 Å². The molecule has 38 heavy (non-hydrogen) atoms. The molecule has 0 amide bonds. The Labute approximate surface area is 223 Å². The van der Waals surface area contributed by atoms with Gasteiger partial charge in [-0.05, 0) is 50.6 Å². The maximum atomic E-state index is 14.8. The number of methoxy groups -OCH3 is 1. The number of thiazole rings is 1. The van der Waals surface area contributed by atoms with Gasteiger partial charge in [-0.25, -0.2) is 27.0 Å². The highest BCUT2D eigenvalue weighted by Crippen LogP contribution is 2.34. The lowest BCUT2D eigenvalue weighted by molar-refractivity contribution is -0.117. The lowest BCUT2D eigenvalue weighted by Crippen LogP contribution is -2.32. The maximum Gasteiger partial charge on any atom is 0.360 e. The van der Waals surface area contributed by atoms with Crippen molar-refractivity contribution in [1.82, 2.24) is 4.98 Å². The van der Waals surface area contributed by atoms with Crippen molar-refractivity contribution >= 4 is 38.1 Å². The second-order valence-electron chi connectivity index (χ2n) is 9.15. The van der Waals surface area contributed by atoms with Crippen molar-refractivity contribution in [2.24, 2.45) is 5.73 Å². The number of benzene rings is 2. The van der Waals surface area contributed by atoms with E-state index in [0.29, 0.717) is 23.4 Å². The first-order chi connectivity index (χ1) is 17.8. The molecule has 1 heterocycles. The van der Waals surface area contributed by atoms with E-state index in [9.17, 15) is 26.8 Å². The van der Waals surface area contributed by atoms with Crippen LogP contribution in [0.25, 0.3) is 0 Å². The molecule has 0 saturated heterocycles. The Kier molecular flexibility index (Phi) is 8.85. The first-order valence-electron chi connectivity index (χ1n) is 11.3. The van der Waals surface area contributed by atoms with Crippen LogP contribution in [-0.4, -0.2) is 44.4 Å². The fourth-order valence-corrected chi connectivity index (χ4v) is 5.83. The molecule has 0 aliphatic heterocycles. The van der Waals surface area contributed by atoms with E-state index in [1.54, 1.807) is 45.0 Å². The highest BCUT2D eigenvalue weighted by atomic mass is 32.2. The topological polar surface area (TPSA) is 129 Å². The number of carbonyl (C=O) groups excluding carboxylic acids is 2. The number of esters is 1. The van der Waals surface area contributed by atoms with Gasteiger partial charge < -0.3 is 15.2 Å². The van der Waals surface area contributed by atoms with E-state index in [0.717, 1.165) is 15.6 Å². The summed E-state index contributed by atoms with van der Waals surface area (Å²) in [5.41, 5.74) is 5.25. The number of ketones is 1. The van der Waals surface area contributed by atoms with Gasteiger partial charge in [0.25, 0.3) is 10.0 Å². The highest BCUT2D eigenvalue weighted by molar-refractivity contribution is 7.93. The predicted octanol–water partition coefficient (Wildman–Crippen LogP) is 3.85. The van der Waals surface area contributed by atoms with Gasteiger partial charge in [0, 0.05) is 12.0 Å². The number of nitrogens with zero attached hydrogens (tertiary/aromatic N) is 2. The summed E-state index contributed by atoms with van der Waals surface area (Å²) >= 11 is 0.847. The molecule has 2 aromatic carbocycles. The van der Waals surface area contributed by atoms with Gasteiger partial charge in [0.15, 0.2) is 11.5 Å². The van der Waals surface area contributed by atoms with Crippen molar-refractivity contribution < 1.29 is 36.3 Å². The van der Waals surface area contributed by atoms with Crippen molar-refractivity contribution in [2.75, 3.05) is 18.0 Å². The summed E-state index contributed by atoms with van der Waals surface area (Å²) in [5, 5.41) is -0.0988. The van der Waals surface area contributed by atoms with Crippen molar-refractivity contribution in [3.05, 3.63) is 70.4 Å². The molecule has 0 radical (unpaired) electrons. The molecular formula is C25H27F2N3O6S2. The molecule has 3 rings (SSSR count). The standard InChI is InChI=1S/C25H27F2N3O6S2/c1-25(2,3)36-24(32)22-23(37-14-29-22)30(13-15-5-7-17(35-4)8-6-15)38(33,34)18-10-20(26)19(21(27)11-18)9-16(31)12-28/h5-8,10-11,14H,9,12-13,28H2,1-4H3. The molecule has 0 spiro atoms. The van der Waals surface area contributed by atoms with Crippen molar-refractivity contribution in [1.29, 1.82) is 0 Å². The minimum atomic E-state index is -4.66. The minimum absolute atomic E-state index is 0.0988. The summed E-state index contributed by atoms with van der Waals surface area (Å²) in [5.74, 6) is -3.39. The summed E-state index contributed by atoms with van der Waals surface area (Å²) in [6, 6.07) is 7.71. The molecule has 2 N–H and O–H groups in total. The third-order valence-corrected chi connectivity index (χ3v) is 7.84. The van der Waals surface area contributed by atoms with Crippen LogP contribution in [0.4, 0.5) is 13.8 Å². The first kappa shape index (κ1) is 29.1. The van der Waals surface area contributed by atoms with Gasteiger partial charge in [0.05, 0.1) is 30.6 Å². The van der Waals surface area contributed by atoms with E-state index >= 15 is 0 Å². The second kappa shape index (κ2) is 11.5. The molecule has 3 aromatic rings. The Bertz CT molecular complexity index is 1410. The van der Waals surface area contributed by atoms with Crippen LogP contribution in [0.5, 0.6) is 5.75 Å². The molecule has 0 bridgehead atoms. The number of hydrogen-bond acceptors (Lipinski definition) is 9. The number of Topliss-reactive ketones (excluding diaryl/α,β-unsaturated/α-hetero) is 1. The van der Waals surface area contributed by atoms with Crippen molar-refractivity contribution in [2.45, 2.75) is 44.2 Å². The van der Waals surface area contributed by atoms with E-state index in [1.807, 2.05) is 0 Å². The van der Waals surface area contributed by atoms with Crippen molar-refractivity contribution in [3.63, 3.8) is 0 Å². The van der Waals surface area contributed by atoms with E-state index < -0.39 is 62.4 Å². The quantitative estimate of drug-likeness (QED) is 0.366. The predicted molar refractivity (Wildman–Crippen MR) is 138 cm³/mol. The molecule has 0 fully saturated rings. The molecule has 13 heteroatoms. The molecule has 0 aliphatic rings. The number of rotatable bonds is 10. The fourth-order valence-electron chi connectivity index (χ4n) is 3.34. The largest absolute Gasteiger partial charge is 0.497 e. The molecule has 0 unspecified atom stereocenters. The van der Waals surface area contributed by atoms with E-state index in [4.69, 9.17) is 15.2 Å². The van der Waals surface area contributed by atoms with Crippen molar-refractivity contribution in [3.8, 4) is 5.75 Å². The van der Waals surface area contributed by atoms with Crippen LogP contribution >= 0.6 is 11.3 Å². The van der Waals surface area contributed by atoms with Gasteiger partial charge >= 0.3 is 5.97 Å². The summed E-state index contributed by atoms with van der Waals surface area (Å²) in [6.07, 6.45) is -0.623. The summed E-state index contributed by atoms with van der Waals surface area (Å²) in [6.45, 7) is 4.20. The number of ether oxygens (including phenoxy) is 2. The van der Waals surface area contributed by atoms with Gasteiger partial charge in [0.1, 0.15) is 28.0 Å². The fraction of sp³-hybridized carbons (Fsp3) is 0.320. The van der Waals surface area contributed by atoms with Crippen LogP contribution in [0.3, 0.4) is 0 Å². The monoisotopic (exact) mass is 567 g/mol. The highest BCUT2D eigenvalue weighted by Gasteiger charge is 2.34. The number of carbonyl (C=O) groups is 2. The zero-order valence-electron chi connectivity index (χ0n) is 21.2. The lowest BCUT2D eigenvalue weighted by Gasteiger charge is -2.25. The Morgan fingerprint density at radius 2 is 1.71 bits per heavy atom. The molecule has 0 aliphatic carbocycles. The third-order valence-electron chi connectivity index (χ3n) is 5.16. The number of aromatic nitrogens is 1. The Balaban J connectivity index is 2.13. The Hall–Kier alpha value is -3.42.